The van der Waals surface area contributed by atoms with Crippen molar-refractivity contribution in [1.29, 1.82) is 5.26 Å². The third-order valence-electron chi connectivity index (χ3n) is 2.71. The Morgan fingerprint density at radius 2 is 2.17 bits per heavy atom. The number of nitrogens with zero attached hydrogens (tertiary/aromatic N) is 1. The van der Waals surface area contributed by atoms with Gasteiger partial charge in [-0.3, -0.25) is 0 Å². The van der Waals surface area contributed by atoms with Gasteiger partial charge in [0.2, 0.25) is 0 Å². The predicted octanol–water partition coefficient (Wildman–Crippen LogP) is 3.20. The minimum Gasteiger partial charge on any atom is -0.493 e. The van der Waals surface area contributed by atoms with Crippen LogP contribution in [0.25, 0.3) is 0 Å². The van der Waals surface area contributed by atoms with Gasteiger partial charge < -0.3 is 9.84 Å². The fraction of sp³-hybridized carbons (Fsp3) is 0.500. The van der Waals surface area contributed by atoms with Gasteiger partial charge in [-0.2, -0.15) is 5.26 Å². The molecule has 1 aromatic carbocycles. The summed E-state index contributed by atoms with van der Waals surface area (Å²) < 4.78 is 18.6. The molecule has 1 unspecified atom stereocenters. The SMILES string of the molecule is CC(O)c1cc(F)ccc1OCCC(C)(C)C#N. The molecule has 1 aromatic rings. The summed E-state index contributed by atoms with van der Waals surface area (Å²) in [5.41, 5.74) is -0.0323. The molecule has 0 radical (unpaired) electrons. The second-order valence-electron chi connectivity index (χ2n) is 4.95. The molecule has 0 aromatic heterocycles. The van der Waals surface area contributed by atoms with Crippen molar-refractivity contribution in [3.8, 4) is 11.8 Å². The van der Waals surface area contributed by atoms with Crippen LogP contribution < -0.4 is 4.74 Å². The maximum Gasteiger partial charge on any atom is 0.125 e. The first-order valence-corrected chi connectivity index (χ1v) is 5.87. The van der Waals surface area contributed by atoms with Crippen molar-refractivity contribution in [3.63, 3.8) is 0 Å². The standard InChI is InChI=1S/C14H18FNO2/c1-10(17)12-8-11(15)4-5-13(12)18-7-6-14(2,3)9-16/h4-5,8,10,17H,6-7H2,1-3H3. The lowest BCUT2D eigenvalue weighted by Crippen LogP contribution is -2.14. The quantitative estimate of drug-likeness (QED) is 0.874. The lowest BCUT2D eigenvalue weighted by molar-refractivity contribution is 0.188. The van der Waals surface area contributed by atoms with Gasteiger partial charge in [-0.25, -0.2) is 4.39 Å². The van der Waals surface area contributed by atoms with E-state index >= 15 is 0 Å². The van der Waals surface area contributed by atoms with Gasteiger partial charge in [0, 0.05) is 5.56 Å². The van der Waals surface area contributed by atoms with Crippen molar-refractivity contribution in [1.82, 2.24) is 0 Å². The summed E-state index contributed by atoms with van der Waals surface area (Å²) in [5.74, 6) is 0.0516. The summed E-state index contributed by atoms with van der Waals surface area (Å²) in [6.07, 6.45) is -0.222. The van der Waals surface area contributed by atoms with Crippen LogP contribution in [0.5, 0.6) is 5.75 Å². The normalized spacial score (nSPS) is 12.9. The molecule has 98 valence electrons. The van der Waals surface area contributed by atoms with Crippen molar-refractivity contribution in [2.45, 2.75) is 33.3 Å². The Kier molecular flexibility index (Phi) is 4.69. The maximum absolute atomic E-state index is 13.1. The summed E-state index contributed by atoms with van der Waals surface area (Å²) >= 11 is 0. The van der Waals surface area contributed by atoms with E-state index in [-0.39, 0.29) is 0 Å². The minimum atomic E-state index is -0.792. The number of nitriles is 1. The van der Waals surface area contributed by atoms with Crippen LogP contribution in [0.4, 0.5) is 4.39 Å². The van der Waals surface area contributed by atoms with Crippen molar-refractivity contribution in [2.24, 2.45) is 5.41 Å². The predicted molar refractivity (Wildman–Crippen MR) is 66.5 cm³/mol. The van der Waals surface area contributed by atoms with Crippen LogP contribution in [-0.2, 0) is 0 Å². The van der Waals surface area contributed by atoms with E-state index in [1.165, 1.54) is 18.2 Å². The third kappa shape index (κ3) is 4.01. The first kappa shape index (κ1) is 14.5. The summed E-state index contributed by atoms with van der Waals surface area (Å²) in [4.78, 5) is 0. The molecule has 1 rings (SSSR count). The van der Waals surface area contributed by atoms with Crippen LogP contribution in [0.15, 0.2) is 18.2 Å². The van der Waals surface area contributed by atoms with E-state index in [9.17, 15) is 9.50 Å². The van der Waals surface area contributed by atoms with Gasteiger partial charge in [-0.1, -0.05) is 0 Å². The van der Waals surface area contributed by atoms with Gasteiger partial charge in [0.1, 0.15) is 11.6 Å². The Balaban J connectivity index is 2.71. The van der Waals surface area contributed by atoms with Gasteiger partial charge >= 0.3 is 0 Å². The van der Waals surface area contributed by atoms with Gasteiger partial charge in [-0.15, -0.1) is 0 Å². The van der Waals surface area contributed by atoms with E-state index in [0.29, 0.717) is 24.3 Å². The molecule has 0 aliphatic rings. The molecule has 3 nitrogen and oxygen atoms in total. The summed E-state index contributed by atoms with van der Waals surface area (Å²) in [7, 11) is 0. The molecule has 0 saturated heterocycles. The van der Waals surface area contributed by atoms with Crippen LogP contribution in [0.2, 0.25) is 0 Å². The number of halogens is 1. The molecule has 0 spiro atoms. The Labute approximate surface area is 107 Å². The highest BCUT2D eigenvalue weighted by atomic mass is 19.1. The molecule has 0 bridgehead atoms. The number of aliphatic hydroxyl groups excluding tert-OH is 1. The molecule has 0 fully saturated rings. The Morgan fingerprint density at radius 3 is 2.72 bits per heavy atom. The minimum absolute atomic E-state index is 0.353. The summed E-state index contributed by atoms with van der Waals surface area (Å²) in [6, 6.07) is 6.23. The number of ether oxygens (including phenoxy) is 1. The molecule has 1 N–H and O–H groups in total. The average Bonchev–Trinajstić information content (AvgIpc) is 2.30. The van der Waals surface area contributed by atoms with Crippen LogP contribution >= 0.6 is 0 Å². The first-order valence-electron chi connectivity index (χ1n) is 5.87. The molecule has 0 saturated carbocycles. The average molecular weight is 251 g/mol. The molecular weight excluding hydrogens is 233 g/mol. The first-order chi connectivity index (χ1) is 8.35. The molecule has 0 heterocycles. The Hall–Kier alpha value is -1.60. The fourth-order valence-corrected chi connectivity index (χ4v) is 1.45. The third-order valence-corrected chi connectivity index (χ3v) is 2.71. The van der Waals surface area contributed by atoms with Gasteiger partial charge in [0.05, 0.1) is 24.2 Å². The molecule has 0 aliphatic heterocycles. The lowest BCUT2D eigenvalue weighted by atomic mass is 9.92. The molecular formula is C14H18FNO2. The number of benzene rings is 1. The summed E-state index contributed by atoms with van der Waals surface area (Å²) in [5, 5.41) is 18.4. The van der Waals surface area contributed by atoms with Crippen molar-refractivity contribution in [3.05, 3.63) is 29.6 Å². The van der Waals surface area contributed by atoms with Crippen LogP contribution in [0.1, 0.15) is 38.9 Å². The van der Waals surface area contributed by atoms with E-state index in [1.807, 2.05) is 13.8 Å². The molecule has 1 atom stereocenters. The Morgan fingerprint density at radius 1 is 1.50 bits per heavy atom. The van der Waals surface area contributed by atoms with Gasteiger partial charge in [0.15, 0.2) is 0 Å². The van der Waals surface area contributed by atoms with Gasteiger partial charge in [-0.05, 0) is 45.4 Å². The Bertz CT molecular complexity index is 450. The van der Waals surface area contributed by atoms with Crippen molar-refractivity contribution in [2.75, 3.05) is 6.61 Å². The van der Waals surface area contributed by atoms with E-state index in [1.54, 1.807) is 6.92 Å². The smallest absolute Gasteiger partial charge is 0.125 e. The highest BCUT2D eigenvalue weighted by molar-refractivity contribution is 5.35. The van der Waals surface area contributed by atoms with Crippen LogP contribution in [0, 0.1) is 22.6 Å². The second kappa shape index (κ2) is 5.83. The van der Waals surface area contributed by atoms with Gasteiger partial charge in [0.25, 0.3) is 0 Å². The molecule has 4 heteroatoms. The van der Waals surface area contributed by atoms with Crippen molar-refractivity contribution < 1.29 is 14.2 Å². The van der Waals surface area contributed by atoms with E-state index in [4.69, 9.17) is 10.00 Å². The fourth-order valence-electron chi connectivity index (χ4n) is 1.45. The zero-order chi connectivity index (χ0) is 13.8. The highest BCUT2D eigenvalue weighted by Crippen LogP contribution is 2.27. The van der Waals surface area contributed by atoms with E-state index in [2.05, 4.69) is 6.07 Å². The van der Waals surface area contributed by atoms with Crippen molar-refractivity contribution >= 4 is 0 Å². The molecule has 0 amide bonds. The number of hydrogen-bond acceptors (Lipinski definition) is 3. The summed E-state index contributed by atoms with van der Waals surface area (Å²) in [6.45, 7) is 5.57. The molecule has 18 heavy (non-hydrogen) atoms. The largest absolute Gasteiger partial charge is 0.493 e. The van der Waals surface area contributed by atoms with Crippen LogP contribution in [-0.4, -0.2) is 11.7 Å². The number of rotatable bonds is 5. The van der Waals surface area contributed by atoms with E-state index < -0.39 is 17.3 Å². The number of hydrogen-bond donors (Lipinski definition) is 1. The second-order valence-corrected chi connectivity index (χ2v) is 4.95. The molecule has 0 aliphatic carbocycles. The zero-order valence-corrected chi connectivity index (χ0v) is 10.9. The topological polar surface area (TPSA) is 53.2 Å². The number of aliphatic hydroxyl groups is 1. The monoisotopic (exact) mass is 251 g/mol. The lowest BCUT2D eigenvalue weighted by Gasteiger charge is -2.17. The maximum atomic E-state index is 13.1. The highest BCUT2D eigenvalue weighted by Gasteiger charge is 2.17. The van der Waals surface area contributed by atoms with Crippen LogP contribution in [0.3, 0.4) is 0 Å². The zero-order valence-electron chi connectivity index (χ0n) is 10.9. The van der Waals surface area contributed by atoms with E-state index in [0.717, 1.165) is 0 Å².